The zero-order valence-corrected chi connectivity index (χ0v) is 7.17. The minimum Gasteiger partial charge on any atom is -0.0913 e. The molecule has 0 amide bonds. The second kappa shape index (κ2) is 3.97. The lowest BCUT2D eigenvalue weighted by atomic mass is 10.1. The first-order valence-electron chi connectivity index (χ1n) is 3.99. The Labute approximate surface area is 68.6 Å². The number of rotatable bonds is 2. The third-order valence-electron chi connectivity index (χ3n) is 1.67. The summed E-state index contributed by atoms with van der Waals surface area (Å²) in [7, 11) is 0. The molecule has 0 aliphatic carbocycles. The Hall–Kier alpha value is -1.04. The van der Waals surface area contributed by atoms with Crippen LogP contribution in [0.25, 0.3) is 0 Å². The maximum Gasteiger partial charge on any atom is -0.00975 e. The third kappa shape index (κ3) is 2.58. The number of benzene rings is 1. The summed E-state index contributed by atoms with van der Waals surface area (Å²) in [4.78, 5) is 0. The van der Waals surface area contributed by atoms with Gasteiger partial charge in [0.1, 0.15) is 0 Å². The number of allylic oxidation sites excluding steroid dienone is 2. The van der Waals surface area contributed by atoms with E-state index in [2.05, 4.69) is 50.3 Å². The Morgan fingerprint density at radius 2 is 2.18 bits per heavy atom. The zero-order valence-electron chi connectivity index (χ0n) is 7.17. The first-order valence-corrected chi connectivity index (χ1v) is 3.99. The minimum atomic E-state index is 1.05. The molecule has 0 aliphatic rings. The summed E-state index contributed by atoms with van der Waals surface area (Å²) in [5.41, 5.74) is 2.73. The van der Waals surface area contributed by atoms with Crippen LogP contribution in [0.3, 0.4) is 0 Å². The SMILES string of the molecule is CC=CCc1cccc(C)c1. The van der Waals surface area contributed by atoms with Gasteiger partial charge in [-0.2, -0.15) is 0 Å². The molecular weight excluding hydrogens is 132 g/mol. The van der Waals surface area contributed by atoms with E-state index in [4.69, 9.17) is 0 Å². The highest BCUT2D eigenvalue weighted by molar-refractivity contribution is 5.23. The predicted octanol–water partition coefficient (Wildman–Crippen LogP) is 3.11. The molecule has 58 valence electrons. The second-order valence-electron chi connectivity index (χ2n) is 2.76. The van der Waals surface area contributed by atoms with Gasteiger partial charge >= 0.3 is 0 Å². The van der Waals surface area contributed by atoms with Crippen molar-refractivity contribution in [2.75, 3.05) is 0 Å². The lowest BCUT2D eigenvalue weighted by molar-refractivity contribution is 1.24. The van der Waals surface area contributed by atoms with Crippen LogP contribution in [-0.2, 0) is 6.42 Å². The van der Waals surface area contributed by atoms with E-state index < -0.39 is 0 Å². The van der Waals surface area contributed by atoms with Crippen molar-refractivity contribution in [2.45, 2.75) is 20.3 Å². The van der Waals surface area contributed by atoms with Crippen molar-refractivity contribution in [1.82, 2.24) is 0 Å². The van der Waals surface area contributed by atoms with Crippen molar-refractivity contribution < 1.29 is 0 Å². The summed E-state index contributed by atoms with van der Waals surface area (Å²) in [5, 5.41) is 0. The fourth-order valence-electron chi connectivity index (χ4n) is 1.09. The Morgan fingerprint density at radius 1 is 1.36 bits per heavy atom. The van der Waals surface area contributed by atoms with E-state index in [1.165, 1.54) is 11.1 Å². The number of hydrogen-bond acceptors (Lipinski definition) is 0. The van der Waals surface area contributed by atoms with Gasteiger partial charge in [-0.25, -0.2) is 0 Å². The van der Waals surface area contributed by atoms with Crippen molar-refractivity contribution in [3.63, 3.8) is 0 Å². The molecule has 0 fully saturated rings. The largest absolute Gasteiger partial charge is 0.0913 e. The molecule has 1 aromatic carbocycles. The Bertz CT molecular complexity index is 246. The zero-order chi connectivity index (χ0) is 8.10. The summed E-state index contributed by atoms with van der Waals surface area (Å²) in [5.74, 6) is 0. The molecular formula is C11H14. The van der Waals surface area contributed by atoms with Crippen LogP contribution in [0.15, 0.2) is 36.4 Å². The molecule has 0 heteroatoms. The maximum absolute atomic E-state index is 2.22. The van der Waals surface area contributed by atoms with Crippen LogP contribution in [0.2, 0.25) is 0 Å². The second-order valence-corrected chi connectivity index (χ2v) is 2.76. The molecule has 1 rings (SSSR count). The Balaban J connectivity index is 2.71. The predicted molar refractivity (Wildman–Crippen MR) is 49.7 cm³/mol. The van der Waals surface area contributed by atoms with Crippen molar-refractivity contribution in [3.05, 3.63) is 47.5 Å². The van der Waals surface area contributed by atoms with Crippen LogP contribution in [0.4, 0.5) is 0 Å². The summed E-state index contributed by atoms with van der Waals surface area (Å²) >= 11 is 0. The van der Waals surface area contributed by atoms with Gasteiger partial charge in [0.25, 0.3) is 0 Å². The topological polar surface area (TPSA) is 0 Å². The molecule has 0 saturated carbocycles. The minimum absolute atomic E-state index is 1.05. The van der Waals surface area contributed by atoms with Crippen LogP contribution >= 0.6 is 0 Å². The van der Waals surface area contributed by atoms with E-state index >= 15 is 0 Å². The van der Waals surface area contributed by atoms with Gasteiger partial charge in [-0.1, -0.05) is 42.0 Å². The van der Waals surface area contributed by atoms with Gasteiger partial charge < -0.3 is 0 Å². The van der Waals surface area contributed by atoms with Gasteiger partial charge in [0, 0.05) is 0 Å². The smallest absolute Gasteiger partial charge is 0.00975 e. The monoisotopic (exact) mass is 146 g/mol. The van der Waals surface area contributed by atoms with Crippen LogP contribution in [0.1, 0.15) is 18.1 Å². The summed E-state index contributed by atoms with van der Waals surface area (Å²) in [6.45, 7) is 4.18. The molecule has 0 aromatic heterocycles. The molecule has 0 radical (unpaired) electrons. The Morgan fingerprint density at radius 3 is 2.82 bits per heavy atom. The lowest BCUT2D eigenvalue weighted by Gasteiger charge is -1.96. The van der Waals surface area contributed by atoms with Gasteiger partial charge in [0.05, 0.1) is 0 Å². The van der Waals surface area contributed by atoms with Crippen molar-refractivity contribution in [2.24, 2.45) is 0 Å². The van der Waals surface area contributed by atoms with Gasteiger partial charge in [-0.3, -0.25) is 0 Å². The normalized spacial score (nSPS) is 10.7. The summed E-state index contributed by atoms with van der Waals surface area (Å²) < 4.78 is 0. The van der Waals surface area contributed by atoms with Crippen LogP contribution in [0.5, 0.6) is 0 Å². The van der Waals surface area contributed by atoms with E-state index in [1.807, 2.05) is 0 Å². The molecule has 0 saturated heterocycles. The van der Waals surface area contributed by atoms with Crippen molar-refractivity contribution in [3.8, 4) is 0 Å². The molecule has 0 nitrogen and oxygen atoms in total. The van der Waals surface area contributed by atoms with Crippen LogP contribution in [0, 0.1) is 6.92 Å². The van der Waals surface area contributed by atoms with Crippen molar-refractivity contribution >= 4 is 0 Å². The molecule has 0 aliphatic heterocycles. The van der Waals surface area contributed by atoms with E-state index in [0.717, 1.165) is 6.42 Å². The first-order chi connectivity index (χ1) is 5.33. The van der Waals surface area contributed by atoms with E-state index in [0.29, 0.717) is 0 Å². The number of hydrogen-bond donors (Lipinski definition) is 0. The molecule has 0 unspecified atom stereocenters. The summed E-state index contributed by atoms with van der Waals surface area (Å²) in [6, 6.07) is 8.61. The quantitative estimate of drug-likeness (QED) is 0.562. The molecule has 11 heavy (non-hydrogen) atoms. The van der Waals surface area contributed by atoms with E-state index in [1.54, 1.807) is 0 Å². The van der Waals surface area contributed by atoms with E-state index in [-0.39, 0.29) is 0 Å². The Kier molecular flexibility index (Phi) is 2.91. The molecule has 0 heterocycles. The van der Waals surface area contributed by atoms with Gasteiger partial charge in [-0.05, 0) is 25.8 Å². The lowest BCUT2D eigenvalue weighted by Crippen LogP contribution is -1.80. The molecule has 0 atom stereocenters. The van der Waals surface area contributed by atoms with Gasteiger partial charge in [0.15, 0.2) is 0 Å². The molecule has 1 aromatic rings. The highest BCUT2D eigenvalue weighted by atomic mass is 13.9. The fraction of sp³-hybridized carbons (Fsp3) is 0.273. The standard InChI is InChI=1S/C11H14/c1-3-4-7-11-8-5-6-10(2)9-11/h3-6,8-9H,7H2,1-2H3. The number of aryl methyl sites for hydroxylation is 1. The van der Waals surface area contributed by atoms with Gasteiger partial charge in [0.2, 0.25) is 0 Å². The first kappa shape index (κ1) is 8.06. The summed E-state index contributed by atoms with van der Waals surface area (Å²) in [6.07, 6.45) is 5.31. The average molecular weight is 146 g/mol. The average Bonchev–Trinajstić information content (AvgIpc) is 2.01. The highest BCUT2D eigenvalue weighted by Gasteiger charge is 1.87. The van der Waals surface area contributed by atoms with Crippen molar-refractivity contribution in [1.29, 1.82) is 0 Å². The van der Waals surface area contributed by atoms with E-state index in [9.17, 15) is 0 Å². The highest BCUT2D eigenvalue weighted by Crippen LogP contribution is 2.04. The van der Waals surface area contributed by atoms with Crippen LogP contribution < -0.4 is 0 Å². The maximum atomic E-state index is 2.22. The molecule has 0 N–H and O–H groups in total. The van der Waals surface area contributed by atoms with Crippen LogP contribution in [-0.4, -0.2) is 0 Å². The third-order valence-corrected chi connectivity index (χ3v) is 1.67. The molecule has 0 bridgehead atoms. The molecule has 0 spiro atoms. The fourth-order valence-corrected chi connectivity index (χ4v) is 1.09. The van der Waals surface area contributed by atoms with Gasteiger partial charge in [-0.15, -0.1) is 0 Å².